The third-order valence-electron chi connectivity index (χ3n) is 4.16. The molecule has 1 fully saturated rings. The lowest BCUT2D eigenvalue weighted by atomic mass is 9.90. The number of amides is 1. The Kier molecular flexibility index (Phi) is 3.95. The SMILES string of the molecule is C[C@@H](OC(=O)c1ccc2c(c1)CCCC2)C(=O)NC1CC1. The van der Waals surface area contributed by atoms with Crippen molar-refractivity contribution in [1.82, 2.24) is 5.32 Å². The number of benzene rings is 1. The standard InChI is InChI=1S/C17H21NO3/c1-11(16(19)18-15-8-9-15)21-17(20)14-7-6-12-4-2-3-5-13(12)10-14/h6-7,10-11,15H,2-5,8-9H2,1H3,(H,18,19)/t11-/m1/s1. The molecule has 112 valence electrons. The normalized spacial score (nSPS) is 18.5. The zero-order valence-corrected chi connectivity index (χ0v) is 12.4. The van der Waals surface area contributed by atoms with E-state index in [1.54, 1.807) is 13.0 Å². The minimum Gasteiger partial charge on any atom is -0.449 e. The van der Waals surface area contributed by atoms with Gasteiger partial charge in [-0.2, -0.15) is 0 Å². The molecule has 0 radical (unpaired) electrons. The van der Waals surface area contributed by atoms with E-state index in [-0.39, 0.29) is 11.9 Å². The molecular weight excluding hydrogens is 266 g/mol. The van der Waals surface area contributed by atoms with Gasteiger partial charge in [0.25, 0.3) is 5.91 Å². The molecule has 0 spiro atoms. The zero-order valence-electron chi connectivity index (χ0n) is 12.4. The number of aryl methyl sites for hydroxylation is 2. The monoisotopic (exact) mass is 287 g/mol. The molecule has 1 saturated carbocycles. The number of esters is 1. The van der Waals surface area contributed by atoms with Crippen molar-refractivity contribution in [2.24, 2.45) is 0 Å². The molecule has 0 unspecified atom stereocenters. The largest absolute Gasteiger partial charge is 0.449 e. The van der Waals surface area contributed by atoms with E-state index in [4.69, 9.17) is 4.74 Å². The van der Waals surface area contributed by atoms with Crippen LogP contribution in [0.3, 0.4) is 0 Å². The summed E-state index contributed by atoms with van der Waals surface area (Å²) < 4.78 is 5.27. The molecule has 1 aromatic rings. The second-order valence-corrected chi connectivity index (χ2v) is 6.02. The van der Waals surface area contributed by atoms with Crippen LogP contribution in [0.4, 0.5) is 0 Å². The van der Waals surface area contributed by atoms with E-state index < -0.39 is 12.1 Å². The second-order valence-electron chi connectivity index (χ2n) is 6.02. The van der Waals surface area contributed by atoms with Gasteiger partial charge in [0.15, 0.2) is 6.10 Å². The topological polar surface area (TPSA) is 55.4 Å². The predicted octanol–water partition coefficient (Wildman–Crippen LogP) is 2.39. The van der Waals surface area contributed by atoms with Crippen LogP contribution in [0, 0.1) is 0 Å². The van der Waals surface area contributed by atoms with Gasteiger partial charge in [-0.1, -0.05) is 6.07 Å². The van der Waals surface area contributed by atoms with Crippen molar-refractivity contribution in [2.75, 3.05) is 0 Å². The molecule has 0 aromatic heterocycles. The lowest BCUT2D eigenvalue weighted by molar-refractivity contribution is -0.129. The van der Waals surface area contributed by atoms with E-state index in [1.807, 2.05) is 12.1 Å². The number of fused-ring (bicyclic) bond motifs is 1. The van der Waals surface area contributed by atoms with Gasteiger partial charge in [0.05, 0.1) is 5.56 Å². The molecule has 0 saturated heterocycles. The molecule has 1 aromatic carbocycles. The third-order valence-corrected chi connectivity index (χ3v) is 4.16. The second kappa shape index (κ2) is 5.88. The van der Waals surface area contributed by atoms with Crippen molar-refractivity contribution >= 4 is 11.9 Å². The minimum absolute atomic E-state index is 0.205. The van der Waals surface area contributed by atoms with Gasteiger partial charge < -0.3 is 10.1 Å². The van der Waals surface area contributed by atoms with Gasteiger partial charge in [-0.05, 0) is 68.7 Å². The van der Waals surface area contributed by atoms with E-state index in [2.05, 4.69) is 5.32 Å². The number of rotatable bonds is 4. The van der Waals surface area contributed by atoms with Crippen molar-refractivity contribution in [3.63, 3.8) is 0 Å². The summed E-state index contributed by atoms with van der Waals surface area (Å²) in [5.74, 6) is -0.620. The van der Waals surface area contributed by atoms with Crippen molar-refractivity contribution in [3.05, 3.63) is 34.9 Å². The quantitative estimate of drug-likeness (QED) is 0.865. The molecule has 1 N–H and O–H groups in total. The van der Waals surface area contributed by atoms with Crippen LogP contribution >= 0.6 is 0 Å². The van der Waals surface area contributed by atoms with Crippen molar-refractivity contribution in [3.8, 4) is 0 Å². The van der Waals surface area contributed by atoms with Crippen LogP contribution in [-0.4, -0.2) is 24.0 Å². The van der Waals surface area contributed by atoms with Gasteiger partial charge >= 0.3 is 5.97 Å². The molecule has 21 heavy (non-hydrogen) atoms. The maximum Gasteiger partial charge on any atom is 0.338 e. The lowest BCUT2D eigenvalue weighted by Gasteiger charge is -2.17. The number of hydrogen-bond acceptors (Lipinski definition) is 3. The molecule has 2 aliphatic carbocycles. The Hall–Kier alpha value is -1.84. The van der Waals surface area contributed by atoms with Gasteiger partial charge in [-0.15, -0.1) is 0 Å². The fraction of sp³-hybridized carbons (Fsp3) is 0.529. The van der Waals surface area contributed by atoms with Crippen molar-refractivity contribution in [1.29, 1.82) is 0 Å². The number of carbonyl (C=O) groups excluding carboxylic acids is 2. The Morgan fingerprint density at radius 1 is 1.19 bits per heavy atom. The van der Waals surface area contributed by atoms with E-state index in [9.17, 15) is 9.59 Å². The number of carbonyl (C=O) groups is 2. The summed E-state index contributed by atoms with van der Waals surface area (Å²) >= 11 is 0. The summed E-state index contributed by atoms with van der Waals surface area (Å²) in [6.07, 6.45) is 5.81. The van der Waals surface area contributed by atoms with E-state index in [1.165, 1.54) is 24.0 Å². The Bertz CT molecular complexity index is 563. The van der Waals surface area contributed by atoms with E-state index in [0.717, 1.165) is 25.7 Å². The highest BCUT2D eigenvalue weighted by atomic mass is 16.5. The molecule has 0 bridgehead atoms. The van der Waals surface area contributed by atoms with Crippen LogP contribution in [0.1, 0.15) is 54.1 Å². The molecule has 1 amide bonds. The molecule has 2 aliphatic rings. The van der Waals surface area contributed by atoms with Gasteiger partial charge in [-0.25, -0.2) is 4.79 Å². The first-order valence-electron chi connectivity index (χ1n) is 7.76. The zero-order chi connectivity index (χ0) is 14.8. The van der Waals surface area contributed by atoms with Gasteiger partial charge in [0, 0.05) is 6.04 Å². The summed E-state index contributed by atoms with van der Waals surface area (Å²) in [6, 6.07) is 6.02. The maximum atomic E-state index is 12.1. The highest BCUT2D eigenvalue weighted by Crippen LogP contribution is 2.23. The van der Waals surface area contributed by atoms with Crippen molar-refractivity contribution in [2.45, 2.75) is 57.6 Å². The Labute approximate surface area is 124 Å². The number of hydrogen-bond donors (Lipinski definition) is 1. The van der Waals surface area contributed by atoms with Crippen LogP contribution < -0.4 is 5.32 Å². The Morgan fingerprint density at radius 2 is 1.90 bits per heavy atom. The summed E-state index contributed by atoms with van der Waals surface area (Å²) in [4.78, 5) is 23.9. The molecular formula is C17H21NO3. The lowest BCUT2D eigenvalue weighted by Crippen LogP contribution is -2.37. The molecule has 4 heteroatoms. The summed E-state index contributed by atoms with van der Waals surface area (Å²) in [6.45, 7) is 1.62. The number of nitrogens with one attached hydrogen (secondary N) is 1. The van der Waals surface area contributed by atoms with Crippen LogP contribution in [0.15, 0.2) is 18.2 Å². The minimum atomic E-state index is -0.742. The molecule has 0 aliphatic heterocycles. The van der Waals surface area contributed by atoms with Gasteiger partial charge in [0.1, 0.15) is 0 Å². The molecule has 1 atom stereocenters. The fourth-order valence-corrected chi connectivity index (χ4v) is 2.69. The highest BCUT2D eigenvalue weighted by Gasteiger charge is 2.27. The van der Waals surface area contributed by atoms with Crippen molar-refractivity contribution < 1.29 is 14.3 Å². The summed E-state index contributed by atoms with van der Waals surface area (Å²) in [5, 5.41) is 2.84. The molecule has 4 nitrogen and oxygen atoms in total. The first-order chi connectivity index (χ1) is 10.1. The van der Waals surface area contributed by atoms with Crippen LogP contribution in [0.2, 0.25) is 0 Å². The van der Waals surface area contributed by atoms with Crippen LogP contribution in [0.25, 0.3) is 0 Å². The predicted molar refractivity (Wildman–Crippen MR) is 79.1 cm³/mol. The highest BCUT2D eigenvalue weighted by molar-refractivity contribution is 5.92. The van der Waals surface area contributed by atoms with E-state index >= 15 is 0 Å². The van der Waals surface area contributed by atoms with Gasteiger partial charge in [-0.3, -0.25) is 4.79 Å². The van der Waals surface area contributed by atoms with Gasteiger partial charge in [0.2, 0.25) is 0 Å². The Morgan fingerprint density at radius 3 is 2.62 bits per heavy atom. The van der Waals surface area contributed by atoms with Crippen LogP contribution in [-0.2, 0) is 22.4 Å². The molecule has 0 heterocycles. The van der Waals surface area contributed by atoms with E-state index in [0.29, 0.717) is 5.56 Å². The average molecular weight is 287 g/mol. The smallest absolute Gasteiger partial charge is 0.338 e. The average Bonchev–Trinajstić information content (AvgIpc) is 3.30. The molecule has 3 rings (SSSR count). The number of ether oxygens (including phenoxy) is 1. The maximum absolute atomic E-state index is 12.1. The third kappa shape index (κ3) is 3.43. The Balaban J connectivity index is 1.62. The van der Waals surface area contributed by atoms with Crippen LogP contribution in [0.5, 0.6) is 0 Å². The summed E-state index contributed by atoms with van der Waals surface area (Å²) in [5.41, 5.74) is 3.12. The first-order valence-corrected chi connectivity index (χ1v) is 7.76. The summed E-state index contributed by atoms with van der Waals surface area (Å²) in [7, 11) is 0. The fourth-order valence-electron chi connectivity index (χ4n) is 2.69. The first kappa shape index (κ1) is 14.1.